The van der Waals surface area contributed by atoms with Crippen molar-refractivity contribution in [2.75, 3.05) is 5.75 Å². The molecule has 0 bridgehead atoms. The van der Waals surface area contributed by atoms with Crippen LogP contribution in [0.4, 0.5) is 4.39 Å². The maximum absolute atomic E-state index is 14.6. The topological polar surface area (TPSA) is 110 Å². The molecule has 1 atom stereocenters. The van der Waals surface area contributed by atoms with Crippen LogP contribution < -0.4 is 5.32 Å². The van der Waals surface area contributed by atoms with Crippen molar-refractivity contribution in [1.82, 2.24) is 10.2 Å². The molecule has 2 heterocycles. The Hall–Kier alpha value is -2.75. The summed E-state index contributed by atoms with van der Waals surface area (Å²) in [7, 11) is 0. The fourth-order valence-electron chi connectivity index (χ4n) is 3.58. The third-order valence-electron chi connectivity index (χ3n) is 4.95. The zero-order valence-electron chi connectivity index (χ0n) is 18.2. The lowest BCUT2D eigenvalue weighted by atomic mass is 10.0. The Morgan fingerprint density at radius 3 is 2.56 bits per heavy atom. The van der Waals surface area contributed by atoms with Gasteiger partial charge in [0.05, 0.1) is 16.0 Å². The van der Waals surface area contributed by atoms with Gasteiger partial charge in [0, 0.05) is 12.8 Å². The van der Waals surface area contributed by atoms with Crippen LogP contribution in [-0.4, -0.2) is 51.9 Å². The van der Waals surface area contributed by atoms with E-state index >= 15 is 0 Å². The van der Waals surface area contributed by atoms with Gasteiger partial charge in [-0.2, -0.15) is 0 Å². The number of thioether (sulfide) groups is 1. The minimum absolute atomic E-state index is 0.0113. The number of hydrogen-bond donors (Lipinski definition) is 1. The maximum Gasteiger partial charge on any atom is 0.306 e. The maximum atomic E-state index is 14.6. The number of imide groups is 2. The van der Waals surface area contributed by atoms with E-state index in [9.17, 15) is 28.4 Å². The molecule has 1 aromatic carbocycles. The summed E-state index contributed by atoms with van der Waals surface area (Å²) in [6, 6.07) is 1.26. The molecule has 0 saturated carbocycles. The van der Waals surface area contributed by atoms with Gasteiger partial charge >= 0.3 is 5.97 Å². The van der Waals surface area contributed by atoms with Crippen LogP contribution in [0.15, 0.2) is 17.0 Å². The number of piperidine rings is 1. The summed E-state index contributed by atoms with van der Waals surface area (Å²) in [4.78, 5) is 62.1. The molecule has 10 heteroatoms. The molecule has 1 N–H and O–H groups in total. The molecule has 1 saturated heterocycles. The van der Waals surface area contributed by atoms with Crippen molar-refractivity contribution in [3.63, 3.8) is 0 Å². The highest BCUT2D eigenvalue weighted by molar-refractivity contribution is 7.99. The Kier molecular flexibility index (Phi) is 7.02. The molecule has 1 aromatic rings. The van der Waals surface area contributed by atoms with Crippen molar-refractivity contribution in [3.8, 4) is 0 Å². The van der Waals surface area contributed by atoms with Gasteiger partial charge in [0.2, 0.25) is 11.8 Å². The molecular weight excluding hydrogens is 439 g/mol. The third-order valence-corrected chi connectivity index (χ3v) is 6.14. The first-order valence-corrected chi connectivity index (χ1v) is 11.4. The molecule has 2 aliphatic heterocycles. The van der Waals surface area contributed by atoms with E-state index < -0.39 is 41.1 Å². The smallest absolute Gasteiger partial charge is 0.306 e. The summed E-state index contributed by atoms with van der Waals surface area (Å²) in [6.45, 7) is 5.36. The number of halogens is 1. The predicted octanol–water partition coefficient (Wildman–Crippen LogP) is 2.83. The summed E-state index contributed by atoms with van der Waals surface area (Å²) < 4.78 is 19.8. The van der Waals surface area contributed by atoms with Crippen molar-refractivity contribution in [2.24, 2.45) is 0 Å². The molecule has 172 valence electrons. The van der Waals surface area contributed by atoms with Gasteiger partial charge in [-0.05, 0) is 57.9 Å². The molecular formula is C22H25FN2O6S. The van der Waals surface area contributed by atoms with Crippen LogP contribution in [-0.2, 0) is 19.1 Å². The van der Waals surface area contributed by atoms with Crippen LogP contribution in [0.5, 0.6) is 0 Å². The normalized spacial score (nSPS) is 18.6. The third kappa shape index (κ3) is 5.17. The van der Waals surface area contributed by atoms with Gasteiger partial charge in [-0.25, -0.2) is 4.39 Å². The van der Waals surface area contributed by atoms with Gasteiger partial charge < -0.3 is 4.74 Å². The molecule has 0 spiro atoms. The summed E-state index contributed by atoms with van der Waals surface area (Å²) in [5.41, 5.74) is -0.574. The number of rotatable bonds is 7. The molecule has 2 aliphatic rings. The van der Waals surface area contributed by atoms with E-state index in [-0.39, 0.29) is 41.3 Å². The highest BCUT2D eigenvalue weighted by Crippen LogP contribution is 2.36. The summed E-state index contributed by atoms with van der Waals surface area (Å²) >= 11 is 1.09. The van der Waals surface area contributed by atoms with Gasteiger partial charge in [0.25, 0.3) is 11.8 Å². The number of nitrogens with zero attached hydrogens (tertiary/aromatic N) is 1. The fraction of sp³-hybridized carbons (Fsp3) is 0.500. The number of hydrogen-bond acceptors (Lipinski definition) is 7. The summed E-state index contributed by atoms with van der Waals surface area (Å²) in [6.07, 6.45) is 1.39. The second kappa shape index (κ2) is 9.40. The lowest BCUT2D eigenvalue weighted by molar-refractivity contribution is -0.155. The van der Waals surface area contributed by atoms with Crippen molar-refractivity contribution >= 4 is 41.4 Å². The first-order valence-electron chi connectivity index (χ1n) is 10.4. The van der Waals surface area contributed by atoms with Crippen molar-refractivity contribution in [2.45, 2.75) is 69.4 Å². The van der Waals surface area contributed by atoms with Crippen molar-refractivity contribution in [3.05, 3.63) is 29.1 Å². The average Bonchev–Trinajstić information content (AvgIpc) is 2.92. The van der Waals surface area contributed by atoms with Crippen LogP contribution >= 0.6 is 11.8 Å². The van der Waals surface area contributed by atoms with Gasteiger partial charge in [0.1, 0.15) is 17.5 Å². The number of esters is 1. The van der Waals surface area contributed by atoms with Crippen LogP contribution in [0.25, 0.3) is 0 Å². The zero-order chi connectivity index (χ0) is 23.6. The molecule has 8 nitrogen and oxygen atoms in total. The molecule has 0 aromatic heterocycles. The standard InChI is InChI=1S/C22H25FN2O6S/c1-22(2,3)31-16(27)6-4-5-11-32-18-13(23)8-7-12-17(18)21(30)25(20(12)29)14-9-10-15(26)24-19(14)28/h7-8,14H,4-6,9-11H2,1-3H3,(H,24,26,28). The average molecular weight is 465 g/mol. The van der Waals surface area contributed by atoms with E-state index in [1.807, 2.05) is 0 Å². The SMILES string of the molecule is CC(C)(C)OC(=O)CCCCSc1c(F)ccc2c1C(=O)N(C1CCC(=O)NC1=O)C2=O. The Balaban J connectivity index is 1.67. The van der Waals surface area contributed by atoms with E-state index in [1.165, 1.54) is 6.07 Å². The molecule has 4 amide bonds. The predicted molar refractivity (Wildman–Crippen MR) is 113 cm³/mol. The Labute approximate surface area is 189 Å². The number of fused-ring (bicyclic) bond motifs is 1. The minimum atomic E-state index is -1.10. The number of nitrogens with one attached hydrogen (secondary N) is 1. The quantitative estimate of drug-likeness (QED) is 0.286. The number of carbonyl (C=O) groups excluding carboxylic acids is 5. The van der Waals surface area contributed by atoms with Gasteiger partial charge in [-0.15, -0.1) is 11.8 Å². The number of ether oxygens (including phenoxy) is 1. The van der Waals surface area contributed by atoms with Crippen LogP contribution in [0.3, 0.4) is 0 Å². The van der Waals surface area contributed by atoms with Gasteiger partial charge in [0.15, 0.2) is 0 Å². The summed E-state index contributed by atoms with van der Waals surface area (Å²) in [5, 5.41) is 2.13. The fourth-order valence-corrected chi connectivity index (χ4v) is 4.68. The second-order valence-electron chi connectivity index (χ2n) is 8.64. The first kappa shape index (κ1) is 23.9. The lowest BCUT2D eigenvalue weighted by Gasteiger charge is -2.27. The number of carbonyl (C=O) groups is 5. The largest absolute Gasteiger partial charge is 0.460 e. The highest BCUT2D eigenvalue weighted by Gasteiger charge is 2.46. The van der Waals surface area contributed by atoms with Gasteiger partial charge in [-0.3, -0.25) is 34.2 Å². The lowest BCUT2D eigenvalue weighted by Crippen LogP contribution is -2.54. The van der Waals surface area contributed by atoms with E-state index in [1.54, 1.807) is 20.8 Å². The van der Waals surface area contributed by atoms with E-state index in [2.05, 4.69) is 5.32 Å². The van der Waals surface area contributed by atoms with Crippen LogP contribution in [0.1, 0.15) is 73.6 Å². The molecule has 0 radical (unpaired) electrons. The van der Waals surface area contributed by atoms with Crippen molar-refractivity contribution < 1.29 is 33.1 Å². The first-order chi connectivity index (χ1) is 15.0. The minimum Gasteiger partial charge on any atom is -0.460 e. The van der Waals surface area contributed by atoms with Crippen LogP contribution in [0, 0.1) is 5.82 Å². The Morgan fingerprint density at radius 2 is 1.91 bits per heavy atom. The molecule has 32 heavy (non-hydrogen) atoms. The monoisotopic (exact) mass is 464 g/mol. The van der Waals surface area contributed by atoms with E-state index in [4.69, 9.17) is 4.74 Å². The molecule has 1 unspecified atom stereocenters. The molecule has 1 fully saturated rings. The van der Waals surface area contributed by atoms with Gasteiger partial charge in [-0.1, -0.05) is 0 Å². The van der Waals surface area contributed by atoms with E-state index in [0.717, 1.165) is 22.7 Å². The Morgan fingerprint density at radius 1 is 1.19 bits per heavy atom. The zero-order valence-corrected chi connectivity index (χ0v) is 19.0. The molecule has 0 aliphatic carbocycles. The number of benzene rings is 1. The Bertz CT molecular complexity index is 987. The molecule has 3 rings (SSSR count). The highest BCUT2D eigenvalue weighted by atomic mass is 32.2. The second-order valence-corrected chi connectivity index (χ2v) is 9.74. The van der Waals surface area contributed by atoms with Crippen molar-refractivity contribution in [1.29, 1.82) is 0 Å². The van der Waals surface area contributed by atoms with Crippen LogP contribution in [0.2, 0.25) is 0 Å². The van der Waals surface area contributed by atoms with E-state index in [0.29, 0.717) is 18.6 Å². The summed E-state index contributed by atoms with van der Waals surface area (Å²) in [5.74, 6) is -3.11. The number of amides is 4. The number of unbranched alkanes of at least 4 members (excludes halogenated alkanes) is 1.